The van der Waals surface area contributed by atoms with Gasteiger partial charge in [-0.2, -0.15) is 9.61 Å². The third-order valence-electron chi connectivity index (χ3n) is 4.55. The molecule has 0 aliphatic carbocycles. The molecule has 10 nitrogen and oxygen atoms in total. The Kier molecular flexibility index (Phi) is 4.11. The first-order chi connectivity index (χ1) is 12.2. The first-order valence-corrected chi connectivity index (χ1v) is 9.81. The molecule has 142 valence electrons. The van der Waals surface area contributed by atoms with Crippen LogP contribution in [-0.4, -0.2) is 45.1 Å². The van der Waals surface area contributed by atoms with Crippen LogP contribution in [0.25, 0.3) is 5.65 Å². The summed E-state index contributed by atoms with van der Waals surface area (Å²) >= 11 is 0. The van der Waals surface area contributed by atoms with Crippen molar-refractivity contribution in [2.75, 3.05) is 12.3 Å². The number of aromatic nitrogens is 3. The van der Waals surface area contributed by atoms with Crippen molar-refractivity contribution >= 4 is 19.3 Å². The second kappa shape index (κ2) is 5.98. The highest BCUT2D eigenvalue weighted by molar-refractivity contribution is 7.48. The highest BCUT2D eigenvalue weighted by Gasteiger charge is 2.59. The number of hydrogen-bond donors (Lipinski definition) is 2. The quantitative estimate of drug-likeness (QED) is 0.754. The number of nitrogens with zero attached hydrogens (tertiary/aromatic N) is 3. The van der Waals surface area contributed by atoms with Gasteiger partial charge in [-0.05, 0) is 26.8 Å². The number of nitrogens with two attached hydrogens (primary N) is 2. The number of phosphoric ester groups is 1. The Bertz CT molecular complexity index is 884. The van der Waals surface area contributed by atoms with Gasteiger partial charge in [-0.3, -0.25) is 13.6 Å². The minimum atomic E-state index is -3.70. The monoisotopic (exact) mass is 383 g/mol. The summed E-state index contributed by atoms with van der Waals surface area (Å²) in [6, 6.07) is 1.65. The standard InChI is InChI=1S/C15H22N5O5P/c1-8(2)24-26(21)22-7-10-13(25-26)15(3,17)12(23-10)9-6-19-20-11(16)4-5-18-14(9)20/h4-6,8,10,12-13H,7,16-17H2,1-3H3/t10-,12+,13-,15+,26+/m1/s1. The number of hydrogen-bond acceptors (Lipinski definition) is 9. The highest BCUT2D eigenvalue weighted by atomic mass is 31.2. The lowest BCUT2D eigenvalue weighted by molar-refractivity contribution is -0.0629. The van der Waals surface area contributed by atoms with Gasteiger partial charge in [-0.25, -0.2) is 9.55 Å². The Morgan fingerprint density at radius 1 is 1.50 bits per heavy atom. The van der Waals surface area contributed by atoms with Crippen molar-refractivity contribution in [1.29, 1.82) is 0 Å². The van der Waals surface area contributed by atoms with E-state index < -0.39 is 31.7 Å². The van der Waals surface area contributed by atoms with Crippen molar-refractivity contribution < 1.29 is 22.9 Å². The molecular formula is C15H22N5O5P. The van der Waals surface area contributed by atoms with Gasteiger partial charge in [-0.15, -0.1) is 0 Å². The SMILES string of the molecule is CC(C)O[P@]1(=O)OC[C@H]2O[C@@H](c3cnn4c(N)ccnc34)[C@](C)(N)[C@@H]2O1. The lowest BCUT2D eigenvalue weighted by atomic mass is 9.87. The van der Waals surface area contributed by atoms with Gasteiger partial charge in [0.1, 0.15) is 24.1 Å². The molecule has 2 aromatic heterocycles. The molecule has 2 fully saturated rings. The number of phosphoric acid groups is 1. The molecule has 2 aliphatic rings. The zero-order chi connectivity index (χ0) is 18.7. The topological polar surface area (TPSA) is 136 Å². The van der Waals surface area contributed by atoms with Crippen LogP contribution >= 0.6 is 7.82 Å². The van der Waals surface area contributed by atoms with Gasteiger partial charge in [0.25, 0.3) is 0 Å². The summed E-state index contributed by atoms with van der Waals surface area (Å²) in [5, 5.41) is 4.26. The van der Waals surface area contributed by atoms with Crippen molar-refractivity contribution in [2.24, 2.45) is 5.73 Å². The van der Waals surface area contributed by atoms with E-state index in [9.17, 15) is 4.57 Å². The molecule has 4 rings (SSSR count). The number of ether oxygens (including phenoxy) is 1. The van der Waals surface area contributed by atoms with Crippen LogP contribution in [0.15, 0.2) is 18.5 Å². The van der Waals surface area contributed by atoms with E-state index in [2.05, 4.69) is 10.1 Å². The van der Waals surface area contributed by atoms with Crippen molar-refractivity contribution in [3.05, 3.63) is 24.0 Å². The van der Waals surface area contributed by atoms with Crippen LogP contribution in [0.2, 0.25) is 0 Å². The molecule has 0 unspecified atom stereocenters. The first kappa shape index (κ1) is 17.8. The molecular weight excluding hydrogens is 361 g/mol. The van der Waals surface area contributed by atoms with E-state index in [-0.39, 0.29) is 12.7 Å². The molecule has 2 saturated heterocycles. The summed E-state index contributed by atoms with van der Waals surface area (Å²) in [7, 11) is -3.70. The number of rotatable bonds is 3. The van der Waals surface area contributed by atoms with Gasteiger partial charge in [0, 0.05) is 11.8 Å². The summed E-state index contributed by atoms with van der Waals surface area (Å²) in [6.45, 7) is 5.35. The lowest BCUT2D eigenvalue weighted by Gasteiger charge is -2.36. The Morgan fingerprint density at radius 3 is 3.00 bits per heavy atom. The van der Waals surface area contributed by atoms with Crippen LogP contribution in [0, 0.1) is 0 Å². The van der Waals surface area contributed by atoms with Gasteiger partial charge >= 0.3 is 7.82 Å². The summed E-state index contributed by atoms with van der Waals surface area (Å²) in [4.78, 5) is 4.33. The van der Waals surface area contributed by atoms with E-state index in [1.807, 2.05) is 0 Å². The van der Waals surface area contributed by atoms with Gasteiger partial charge < -0.3 is 16.2 Å². The lowest BCUT2D eigenvalue weighted by Crippen LogP contribution is -2.53. The van der Waals surface area contributed by atoms with E-state index in [1.54, 1.807) is 39.2 Å². The van der Waals surface area contributed by atoms with Crippen LogP contribution in [-0.2, 0) is 22.9 Å². The second-order valence-electron chi connectivity index (χ2n) is 7.05. The van der Waals surface area contributed by atoms with Gasteiger partial charge in [0.05, 0.1) is 24.4 Å². The molecule has 4 N–H and O–H groups in total. The highest BCUT2D eigenvalue weighted by Crippen LogP contribution is 2.59. The molecule has 4 heterocycles. The predicted molar refractivity (Wildman–Crippen MR) is 92.3 cm³/mol. The molecule has 2 aliphatic heterocycles. The fourth-order valence-corrected chi connectivity index (χ4v) is 5.08. The Morgan fingerprint density at radius 2 is 2.27 bits per heavy atom. The van der Waals surface area contributed by atoms with E-state index in [1.165, 1.54) is 4.52 Å². The molecule has 2 aromatic rings. The van der Waals surface area contributed by atoms with Crippen LogP contribution < -0.4 is 11.5 Å². The summed E-state index contributed by atoms with van der Waals surface area (Å²) in [6.07, 6.45) is 1.17. The number of fused-ring (bicyclic) bond motifs is 2. The predicted octanol–water partition coefficient (Wildman–Crippen LogP) is 1.42. The second-order valence-corrected chi connectivity index (χ2v) is 8.62. The maximum atomic E-state index is 12.7. The zero-order valence-electron chi connectivity index (χ0n) is 14.7. The minimum absolute atomic E-state index is 0.0622. The maximum absolute atomic E-state index is 12.7. The fourth-order valence-electron chi connectivity index (χ4n) is 3.42. The van der Waals surface area contributed by atoms with E-state index in [0.717, 1.165) is 0 Å². The fraction of sp³-hybridized carbons (Fsp3) is 0.600. The van der Waals surface area contributed by atoms with Crippen LogP contribution in [0.3, 0.4) is 0 Å². The van der Waals surface area contributed by atoms with Crippen LogP contribution in [0.4, 0.5) is 5.82 Å². The molecule has 5 atom stereocenters. The van der Waals surface area contributed by atoms with Crippen LogP contribution in [0.5, 0.6) is 0 Å². The Hall–Kier alpha value is -1.55. The van der Waals surface area contributed by atoms with E-state index in [0.29, 0.717) is 17.0 Å². The van der Waals surface area contributed by atoms with Crippen molar-refractivity contribution in [3.63, 3.8) is 0 Å². The average Bonchev–Trinajstić information content (AvgIpc) is 3.07. The number of anilines is 1. The summed E-state index contributed by atoms with van der Waals surface area (Å²) in [5.41, 5.74) is 12.7. The third kappa shape index (κ3) is 2.74. The number of nitrogen functional groups attached to an aromatic ring is 1. The Balaban J connectivity index is 1.68. The van der Waals surface area contributed by atoms with E-state index in [4.69, 9.17) is 29.8 Å². The van der Waals surface area contributed by atoms with Gasteiger partial charge in [-0.1, -0.05) is 0 Å². The molecule has 26 heavy (non-hydrogen) atoms. The molecule has 0 aromatic carbocycles. The van der Waals surface area contributed by atoms with Crippen LogP contribution in [0.1, 0.15) is 32.4 Å². The van der Waals surface area contributed by atoms with Gasteiger partial charge in [0.2, 0.25) is 0 Å². The smallest absolute Gasteiger partial charge is 0.384 e. The normalized spacial score (nSPS) is 37.3. The van der Waals surface area contributed by atoms with Crippen molar-refractivity contribution in [1.82, 2.24) is 14.6 Å². The first-order valence-electron chi connectivity index (χ1n) is 8.35. The average molecular weight is 383 g/mol. The Labute approximate surface area is 150 Å². The molecule has 0 saturated carbocycles. The summed E-state index contributed by atoms with van der Waals surface area (Å²) < 4.78 is 36.7. The molecule has 0 radical (unpaired) electrons. The largest absolute Gasteiger partial charge is 0.475 e. The molecule has 0 spiro atoms. The van der Waals surface area contributed by atoms with E-state index >= 15 is 0 Å². The minimum Gasteiger partial charge on any atom is -0.384 e. The maximum Gasteiger partial charge on any atom is 0.475 e. The molecule has 0 bridgehead atoms. The molecule has 11 heteroatoms. The van der Waals surface area contributed by atoms with Gasteiger partial charge in [0.15, 0.2) is 5.65 Å². The van der Waals surface area contributed by atoms with Crippen molar-refractivity contribution in [2.45, 2.75) is 50.7 Å². The molecule has 0 amide bonds. The summed E-state index contributed by atoms with van der Waals surface area (Å²) in [5.74, 6) is 0.449. The zero-order valence-corrected chi connectivity index (χ0v) is 15.6. The third-order valence-corrected chi connectivity index (χ3v) is 6.18. The van der Waals surface area contributed by atoms with Crippen molar-refractivity contribution in [3.8, 4) is 0 Å².